The molecule has 0 bridgehead atoms. The van der Waals surface area contributed by atoms with Gasteiger partial charge in [0.1, 0.15) is 10.7 Å². The molecule has 1 aliphatic rings. The number of aryl methyl sites for hydroxylation is 1. The minimum absolute atomic E-state index is 0.0337. The number of fused-ring (bicyclic) bond motifs is 1. The van der Waals surface area contributed by atoms with E-state index >= 15 is 0 Å². The van der Waals surface area contributed by atoms with Crippen molar-refractivity contribution in [3.63, 3.8) is 0 Å². The first kappa shape index (κ1) is 19.4. The zero-order valence-corrected chi connectivity index (χ0v) is 16.9. The van der Waals surface area contributed by atoms with Gasteiger partial charge in [-0.15, -0.1) is 0 Å². The minimum atomic E-state index is -4.13. The molecule has 0 N–H and O–H groups in total. The number of sulfonamides is 1. The third-order valence-electron chi connectivity index (χ3n) is 4.69. The summed E-state index contributed by atoms with van der Waals surface area (Å²) in [6, 6.07) is 16.2. The highest BCUT2D eigenvalue weighted by atomic mass is 35.5. The summed E-state index contributed by atoms with van der Waals surface area (Å²) in [4.78, 5) is 14.5. The maximum Gasteiger partial charge on any atom is 0.343 e. The number of hydrogen-bond acceptors (Lipinski definition) is 3. The van der Waals surface area contributed by atoms with Crippen molar-refractivity contribution in [2.45, 2.75) is 18.4 Å². The van der Waals surface area contributed by atoms with Crippen molar-refractivity contribution in [2.24, 2.45) is 0 Å². The summed E-state index contributed by atoms with van der Waals surface area (Å²) < 4.78 is 41.6. The van der Waals surface area contributed by atoms with Crippen LogP contribution in [0.4, 0.5) is 20.6 Å². The highest BCUT2D eigenvalue weighted by Gasteiger charge is 2.42. The third kappa shape index (κ3) is 3.26. The van der Waals surface area contributed by atoms with E-state index in [1.807, 2.05) is 0 Å². The topological polar surface area (TPSA) is 57.7 Å². The van der Waals surface area contributed by atoms with Crippen molar-refractivity contribution in [1.82, 2.24) is 0 Å². The van der Waals surface area contributed by atoms with Crippen LogP contribution in [0.3, 0.4) is 0 Å². The van der Waals surface area contributed by atoms with Gasteiger partial charge >= 0.3 is 6.03 Å². The Morgan fingerprint density at radius 1 is 1.00 bits per heavy atom. The van der Waals surface area contributed by atoms with Gasteiger partial charge in [-0.3, -0.25) is 4.90 Å². The molecule has 0 aliphatic carbocycles. The smallest absolute Gasteiger partial charge is 0.287 e. The van der Waals surface area contributed by atoms with Gasteiger partial charge in [-0.05, 0) is 48.9 Å². The maximum absolute atomic E-state index is 14.4. The Balaban J connectivity index is 1.91. The first-order chi connectivity index (χ1) is 13.8. The molecule has 3 aromatic rings. The zero-order chi connectivity index (χ0) is 20.8. The highest BCUT2D eigenvalue weighted by molar-refractivity contribution is 7.94. The van der Waals surface area contributed by atoms with Crippen molar-refractivity contribution >= 4 is 39.0 Å². The summed E-state index contributed by atoms with van der Waals surface area (Å²) in [5.74, 6) is -0.571. The Bertz CT molecular complexity index is 1210. The lowest BCUT2D eigenvalue weighted by molar-refractivity contribution is 0.253. The molecule has 3 aromatic carbocycles. The molecule has 0 unspecified atom stereocenters. The van der Waals surface area contributed by atoms with Crippen LogP contribution in [0.2, 0.25) is 5.02 Å². The van der Waals surface area contributed by atoms with Crippen molar-refractivity contribution in [1.29, 1.82) is 0 Å². The van der Waals surface area contributed by atoms with E-state index in [1.54, 1.807) is 43.3 Å². The Kier molecular flexibility index (Phi) is 4.80. The number of anilines is 2. The number of nitrogens with zero attached hydrogens (tertiary/aromatic N) is 2. The van der Waals surface area contributed by atoms with Gasteiger partial charge in [0.2, 0.25) is 0 Å². The number of amides is 2. The summed E-state index contributed by atoms with van der Waals surface area (Å²) in [5.41, 5.74) is 1.31. The molecule has 1 aliphatic heterocycles. The van der Waals surface area contributed by atoms with Gasteiger partial charge in [-0.2, -0.15) is 4.31 Å². The van der Waals surface area contributed by atoms with E-state index in [0.29, 0.717) is 0 Å². The molecule has 148 valence electrons. The molecule has 0 saturated heterocycles. The van der Waals surface area contributed by atoms with Crippen LogP contribution in [0, 0.1) is 12.7 Å². The molecule has 0 radical (unpaired) electrons. The normalized spacial score (nSPS) is 15.3. The van der Waals surface area contributed by atoms with Gasteiger partial charge in [0, 0.05) is 10.6 Å². The van der Waals surface area contributed by atoms with E-state index in [0.717, 1.165) is 9.87 Å². The SMILES string of the molecule is Cc1cccc(N2C(=O)N(Cc3c(F)cccc3Cl)c3ccccc3S2(=O)=O)c1. The van der Waals surface area contributed by atoms with Crippen LogP contribution in [0.25, 0.3) is 0 Å². The van der Waals surface area contributed by atoms with E-state index in [2.05, 4.69) is 0 Å². The molecular formula is C21H16ClFN2O3S. The van der Waals surface area contributed by atoms with Gasteiger partial charge in [-0.1, -0.05) is 41.9 Å². The van der Waals surface area contributed by atoms with Gasteiger partial charge in [0.05, 0.1) is 17.9 Å². The second kappa shape index (κ2) is 7.17. The quantitative estimate of drug-likeness (QED) is 0.579. The molecule has 2 amide bonds. The fraction of sp³-hybridized carbons (Fsp3) is 0.0952. The number of halogens is 2. The predicted molar refractivity (Wildman–Crippen MR) is 110 cm³/mol. The number of rotatable bonds is 3. The fourth-order valence-corrected chi connectivity index (χ4v) is 5.12. The van der Waals surface area contributed by atoms with E-state index in [-0.39, 0.29) is 33.4 Å². The molecule has 0 aromatic heterocycles. The summed E-state index contributed by atoms with van der Waals surface area (Å²) >= 11 is 6.14. The monoisotopic (exact) mass is 430 g/mol. The number of carbonyl (C=O) groups excluding carboxylic acids is 1. The van der Waals surface area contributed by atoms with Gasteiger partial charge in [0.15, 0.2) is 0 Å². The van der Waals surface area contributed by atoms with Crippen molar-refractivity contribution in [3.05, 3.63) is 88.7 Å². The number of hydrogen-bond donors (Lipinski definition) is 0. The lowest BCUT2D eigenvalue weighted by Crippen LogP contribution is -2.50. The zero-order valence-electron chi connectivity index (χ0n) is 15.3. The average Bonchev–Trinajstić information content (AvgIpc) is 2.67. The molecule has 0 fully saturated rings. The minimum Gasteiger partial charge on any atom is -0.287 e. The van der Waals surface area contributed by atoms with Crippen molar-refractivity contribution in [2.75, 3.05) is 9.21 Å². The molecule has 0 atom stereocenters. The van der Waals surface area contributed by atoms with Gasteiger partial charge < -0.3 is 0 Å². The van der Waals surface area contributed by atoms with E-state index in [4.69, 9.17) is 11.6 Å². The van der Waals surface area contributed by atoms with Crippen LogP contribution in [-0.2, 0) is 16.6 Å². The second-order valence-electron chi connectivity index (χ2n) is 6.65. The first-order valence-corrected chi connectivity index (χ1v) is 10.6. The Morgan fingerprint density at radius 2 is 1.72 bits per heavy atom. The summed E-state index contributed by atoms with van der Waals surface area (Å²) in [6.07, 6.45) is 0. The van der Waals surface area contributed by atoms with Gasteiger partial charge in [0.25, 0.3) is 10.0 Å². The predicted octanol–water partition coefficient (Wildman–Crippen LogP) is 5.12. The van der Waals surface area contributed by atoms with Crippen LogP contribution in [0.15, 0.2) is 71.6 Å². The largest absolute Gasteiger partial charge is 0.343 e. The maximum atomic E-state index is 14.4. The molecule has 0 spiro atoms. The molecule has 29 heavy (non-hydrogen) atoms. The van der Waals surface area contributed by atoms with Crippen LogP contribution >= 0.6 is 11.6 Å². The van der Waals surface area contributed by atoms with Crippen molar-refractivity contribution < 1.29 is 17.6 Å². The first-order valence-electron chi connectivity index (χ1n) is 8.76. The molecule has 5 nitrogen and oxygen atoms in total. The van der Waals surface area contributed by atoms with Crippen LogP contribution in [0.5, 0.6) is 0 Å². The molecule has 1 heterocycles. The second-order valence-corrected chi connectivity index (χ2v) is 8.81. The molecule has 4 rings (SSSR count). The van der Waals surface area contributed by atoms with E-state index < -0.39 is 21.9 Å². The van der Waals surface area contributed by atoms with Crippen molar-refractivity contribution in [3.8, 4) is 0 Å². The summed E-state index contributed by atoms with van der Waals surface area (Å²) in [5, 5.41) is 0.158. The van der Waals surface area contributed by atoms with E-state index in [9.17, 15) is 17.6 Å². The van der Waals surface area contributed by atoms with E-state index in [1.165, 1.54) is 35.2 Å². The van der Waals surface area contributed by atoms with Crippen LogP contribution in [0.1, 0.15) is 11.1 Å². The molecule has 0 saturated carbocycles. The van der Waals surface area contributed by atoms with Crippen LogP contribution in [-0.4, -0.2) is 14.4 Å². The molecular weight excluding hydrogens is 415 g/mol. The van der Waals surface area contributed by atoms with Crippen LogP contribution < -0.4 is 9.21 Å². The average molecular weight is 431 g/mol. The lowest BCUT2D eigenvalue weighted by Gasteiger charge is -2.36. The highest BCUT2D eigenvalue weighted by Crippen LogP contribution is 2.38. The number of carbonyl (C=O) groups is 1. The standard InChI is InChI=1S/C21H16ClFN2O3S/c1-14-6-4-7-15(12-14)25-21(26)24(13-16-17(22)8-5-9-18(16)23)19-10-2-3-11-20(19)29(25,27)28/h2-12H,13H2,1H3. The van der Waals surface area contributed by atoms with Gasteiger partial charge in [-0.25, -0.2) is 17.6 Å². The number of para-hydroxylation sites is 1. The Labute approximate surface area is 173 Å². The lowest BCUT2D eigenvalue weighted by atomic mass is 10.1. The Hall–Kier alpha value is -2.90. The molecule has 8 heteroatoms. The third-order valence-corrected chi connectivity index (χ3v) is 6.80. The summed E-state index contributed by atoms with van der Waals surface area (Å²) in [6.45, 7) is 1.59. The fourth-order valence-electron chi connectivity index (χ4n) is 3.31. The number of urea groups is 1. The number of benzene rings is 3. The Morgan fingerprint density at radius 3 is 2.45 bits per heavy atom. The summed E-state index contributed by atoms with van der Waals surface area (Å²) in [7, 11) is -4.13.